The van der Waals surface area contributed by atoms with Crippen molar-refractivity contribution in [2.45, 2.75) is 37.7 Å². The first-order valence-electron chi connectivity index (χ1n) is 7.25. The molecule has 0 radical (unpaired) electrons. The maximum Gasteiger partial charge on any atom is 0.261 e. The van der Waals surface area contributed by atoms with Gasteiger partial charge in [-0.25, -0.2) is 4.39 Å². The zero-order valence-electron chi connectivity index (χ0n) is 11.7. The molecule has 1 fully saturated rings. The molecule has 0 unspecified atom stereocenters. The van der Waals surface area contributed by atoms with Gasteiger partial charge < -0.3 is 10.4 Å². The molecule has 112 valence electrons. The smallest absolute Gasteiger partial charge is 0.261 e. The fourth-order valence-electron chi connectivity index (χ4n) is 2.84. The van der Waals surface area contributed by atoms with E-state index in [1.165, 1.54) is 23.5 Å². The fraction of sp³-hybridized carbons (Fsp3) is 0.438. The van der Waals surface area contributed by atoms with Gasteiger partial charge in [-0.05, 0) is 36.4 Å². The summed E-state index contributed by atoms with van der Waals surface area (Å²) in [5.41, 5.74) is -0.767. The topological polar surface area (TPSA) is 49.3 Å². The quantitative estimate of drug-likeness (QED) is 0.912. The number of halogens is 1. The first kappa shape index (κ1) is 14.5. The van der Waals surface area contributed by atoms with Crippen molar-refractivity contribution in [3.63, 3.8) is 0 Å². The molecule has 5 heteroatoms. The van der Waals surface area contributed by atoms with E-state index in [1.807, 2.05) is 0 Å². The standard InChI is InChI=1S/C16H18FNO2S/c17-12-5-4-11-8-14(21-13(11)9-12)15(19)18-10-16(20)6-2-1-3-7-16/h4-5,8-9,20H,1-3,6-7,10H2,(H,18,19). The van der Waals surface area contributed by atoms with Gasteiger partial charge in [0.15, 0.2) is 0 Å². The van der Waals surface area contributed by atoms with E-state index in [0.717, 1.165) is 42.2 Å². The second-order valence-electron chi connectivity index (χ2n) is 5.76. The second kappa shape index (κ2) is 5.73. The molecule has 0 atom stereocenters. The van der Waals surface area contributed by atoms with Crippen molar-refractivity contribution in [1.82, 2.24) is 5.32 Å². The summed E-state index contributed by atoms with van der Waals surface area (Å²) in [5.74, 6) is -0.497. The Labute approximate surface area is 126 Å². The van der Waals surface area contributed by atoms with Crippen molar-refractivity contribution in [1.29, 1.82) is 0 Å². The second-order valence-corrected chi connectivity index (χ2v) is 6.84. The normalized spacial score (nSPS) is 17.8. The Balaban J connectivity index is 1.69. The molecule has 2 aromatic rings. The minimum atomic E-state index is -0.767. The summed E-state index contributed by atoms with van der Waals surface area (Å²) < 4.78 is 13.9. The van der Waals surface area contributed by atoms with Gasteiger partial charge in [-0.2, -0.15) is 0 Å². The first-order valence-corrected chi connectivity index (χ1v) is 8.07. The molecule has 1 aromatic carbocycles. The largest absolute Gasteiger partial charge is 0.388 e. The molecule has 1 heterocycles. The van der Waals surface area contributed by atoms with E-state index >= 15 is 0 Å². The van der Waals surface area contributed by atoms with Gasteiger partial charge in [0.05, 0.1) is 10.5 Å². The molecule has 3 rings (SSSR count). The van der Waals surface area contributed by atoms with Crippen molar-refractivity contribution in [2.24, 2.45) is 0 Å². The average molecular weight is 307 g/mol. The molecule has 21 heavy (non-hydrogen) atoms. The summed E-state index contributed by atoms with van der Waals surface area (Å²) in [7, 11) is 0. The third-order valence-corrected chi connectivity index (χ3v) is 5.16. The Hall–Kier alpha value is -1.46. The van der Waals surface area contributed by atoms with E-state index < -0.39 is 5.60 Å². The molecule has 0 bridgehead atoms. The predicted molar refractivity (Wildman–Crippen MR) is 82.2 cm³/mol. The molecular weight excluding hydrogens is 289 g/mol. The highest BCUT2D eigenvalue weighted by Gasteiger charge is 2.29. The van der Waals surface area contributed by atoms with Crippen LogP contribution in [0.5, 0.6) is 0 Å². The molecule has 2 N–H and O–H groups in total. The number of carbonyl (C=O) groups excluding carboxylic acids is 1. The molecule has 1 aromatic heterocycles. The van der Waals surface area contributed by atoms with E-state index in [2.05, 4.69) is 5.32 Å². The van der Waals surface area contributed by atoms with Crippen molar-refractivity contribution in [3.8, 4) is 0 Å². The van der Waals surface area contributed by atoms with Crippen molar-refractivity contribution in [3.05, 3.63) is 35.0 Å². The van der Waals surface area contributed by atoms with Gasteiger partial charge in [0.1, 0.15) is 5.82 Å². The lowest BCUT2D eigenvalue weighted by Gasteiger charge is -2.32. The van der Waals surface area contributed by atoms with Gasteiger partial charge in [-0.15, -0.1) is 11.3 Å². The van der Waals surface area contributed by atoms with Crippen molar-refractivity contribution >= 4 is 27.3 Å². The number of rotatable bonds is 3. The molecule has 1 aliphatic rings. The van der Waals surface area contributed by atoms with Crippen LogP contribution in [0.3, 0.4) is 0 Å². The van der Waals surface area contributed by atoms with Gasteiger partial charge >= 0.3 is 0 Å². The predicted octanol–water partition coefficient (Wildman–Crippen LogP) is 3.47. The van der Waals surface area contributed by atoms with Crippen LogP contribution in [0.15, 0.2) is 24.3 Å². The molecule has 0 aliphatic heterocycles. The first-order chi connectivity index (χ1) is 10.1. The SMILES string of the molecule is O=C(NCC1(O)CCCCC1)c1cc2ccc(F)cc2s1. The number of benzene rings is 1. The fourth-order valence-corrected chi connectivity index (χ4v) is 3.84. The monoisotopic (exact) mass is 307 g/mol. The lowest BCUT2D eigenvalue weighted by molar-refractivity contribution is 0.00529. The highest BCUT2D eigenvalue weighted by atomic mass is 32.1. The molecule has 0 saturated heterocycles. The molecule has 1 amide bonds. The highest BCUT2D eigenvalue weighted by molar-refractivity contribution is 7.20. The van der Waals surface area contributed by atoms with Crippen molar-refractivity contribution in [2.75, 3.05) is 6.54 Å². The van der Waals surface area contributed by atoms with E-state index in [9.17, 15) is 14.3 Å². The zero-order valence-corrected chi connectivity index (χ0v) is 12.5. The lowest BCUT2D eigenvalue weighted by Crippen LogP contribution is -2.44. The summed E-state index contributed by atoms with van der Waals surface area (Å²) in [4.78, 5) is 12.7. The minimum Gasteiger partial charge on any atom is -0.388 e. The van der Waals surface area contributed by atoms with Gasteiger partial charge in [0.25, 0.3) is 5.91 Å². The maximum atomic E-state index is 13.2. The number of hydrogen-bond donors (Lipinski definition) is 2. The van der Waals surface area contributed by atoms with Gasteiger partial charge in [-0.1, -0.05) is 25.3 Å². The molecule has 3 nitrogen and oxygen atoms in total. The van der Waals surface area contributed by atoms with Gasteiger partial charge in [-0.3, -0.25) is 4.79 Å². The van der Waals surface area contributed by atoms with E-state index in [1.54, 1.807) is 12.1 Å². The van der Waals surface area contributed by atoms with Crippen molar-refractivity contribution < 1.29 is 14.3 Å². The number of fused-ring (bicyclic) bond motifs is 1. The van der Waals surface area contributed by atoms with Crippen LogP contribution in [0.4, 0.5) is 4.39 Å². The van der Waals surface area contributed by atoms with Gasteiger partial charge in [0, 0.05) is 11.2 Å². The van der Waals surface area contributed by atoms with Crippen LogP contribution in [0.1, 0.15) is 41.8 Å². The summed E-state index contributed by atoms with van der Waals surface area (Å²) in [5, 5.41) is 14.1. The average Bonchev–Trinajstić information content (AvgIpc) is 2.88. The van der Waals surface area contributed by atoms with Crippen LogP contribution in [0, 0.1) is 5.82 Å². The lowest BCUT2D eigenvalue weighted by atomic mass is 9.85. The minimum absolute atomic E-state index is 0.199. The maximum absolute atomic E-state index is 13.2. The van der Waals surface area contributed by atoms with Crippen LogP contribution in [0.2, 0.25) is 0 Å². The number of amides is 1. The number of aliphatic hydroxyl groups is 1. The number of thiophene rings is 1. The Morgan fingerprint density at radius 3 is 2.81 bits per heavy atom. The third kappa shape index (κ3) is 3.24. The Morgan fingerprint density at radius 2 is 2.05 bits per heavy atom. The summed E-state index contributed by atoms with van der Waals surface area (Å²) in [6.07, 6.45) is 4.65. The summed E-state index contributed by atoms with van der Waals surface area (Å²) in [6.45, 7) is 0.286. The molecule has 1 aliphatic carbocycles. The van der Waals surface area contributed by atoms with Crippen LogP contribution in [0.25, 0.3) is 10.1 Å². The molecule has 0 spiro atoms. The Morgan fingerprint density at radius 1 is 1.29 bits per heavy atom. The molecular formula is C16H18FNO2S. The van der Waals surface area contributed by atoms with E-state index in [4.69, 9.17) is 0 Å². The molecule has 1 saturated carbocycles. The van der Waals surface area contributed by atoms with Gasteiger partial charge in [0.2, 0.25) is 0 Å². The van der Waals surface area contributed by atoms with Crippen LogP contribution in [-0.2, 0) is 0 Å². The third-order valence-electron chi connectivity index (χ3n) is 4.07. The van der Waals surface area contributed by atoms with E-state index in [0.29, 0.717) is 4.88 Å². The van der Waals surface area contributed by atoms with Crippen LogP contribution < -0.4 is 5.32 Å². The number of nitrogens with one attached hydrogen (secondary N) is 1. The highest BCUT2D eigenvalue weighted by Crippen LogP contribution is 2.28. The van der Waals surface area contributed by atoms with Crippen LogP contribution >= 0.6 is 11.3 Å². The number of hydrogen-bond acceptors (Lipinski definition) is 3. The number of carbonyl (C=O) groups is 1. The summed E-state index contributed by atoms with van der Waals surface area (Å²) in [6, 6.07) is 6.26. The Kier molecular flexibility index (Phi) is 3.95. The summed E-state index contributed by atoms with van der Waals surface area (Å²) >= 11 is 1.27. The van der Waals surface area contributed by atoms with E-state index in [-0.39, 0.29) is 18.3 Å². The van der Waals surface area contributed by atoms with Crippen LogP contribution in [-0.4, -0.2) is 23.2 Å². The Bertz CT molecular complexity index is 661. The zero-order chi connectivity index (χ0) is 14.9.